The number of nitrogens with zero attached hydrogens (tertiary/aromatic N) is 4. The molecule has 5 nitrogen and oxygen atoms in total. The number of hydrogen-bond donors (Lipinski definition) is 1. The van der Waals surface area contributed by atoms with Gasteiger partial charge in [0.25, 0.3) is 0 Å². The maximum Gasteiger partial charge on any atom is 0.147 e. The summed E-state index contributed by atoms with van der Waals surface area (Å²) in [6.07, 6.45) is 7.76. The molecule has 0 radical (unpaired) electrons. The average Bonchev–Trinajstić information content (AvgIpc) is 2.64. The number of aryl methyl sites for hydroxylation is 1. The molecule has 0 saturated carbocycles. The normalized spacial score (nSPS) is 20.7. The third kappa shape index (κ3) is 3.13. The number of anilines is 1. The highest BCUT2D eigenvalue weighted by molar-refractivity contribution is 5.51. The fourth-order valence-electron chi connectivity index (χ4n) is 3.78. The number of rotatable bonds is 3. The lowest BCUT2D eigenvalue weighted by Gasteiger charge is -2.32. The van der Waals surface area contributed by atoms with Crippen LogP contribution in [0.25, 0.3) is 0 Å². The smallest absolute Gasteiger partial charge is 0.147 e. The average molecular weight is 323 g/mol. The molecule has 0 spiro atoms. The predicted molar refractivity (Wildman–Crippen MR) is 95.0 cm³/mol. The first-order valence-electron chi connectivity index (χ1n) is 9.07. The van der Waals surface area contributed by atoms with Crippen LogP contribution in [0, 0.1) is 6.92 Å². The molecule has 0 bridgehead atoms. The molecule has 126 valence electrons. The minimum atomic E-state index is 0.307. The zero-order valence-electron chi connectivity index (χ0n) is 14.3. The van der Waals surface area contributed by atoms with Crippen LogP contribution in [0.2, 0.25) is 0 Å². The molecule has 2 aliphatic rings. The summed E-state index contributed by atoms with van der Waals surface area (Å²) in [5.74, 6) is 2.10. The van der Waals surface area contributed by atoms with Crippen molar-refractivity contribution >= 4 is 5.82 Å². The molecule has 4 heterocycles. The van der Waals surface area contributed by atoms with E-state index < -0.39 is 0 Å². The first-order valence-corrected chi connectivity index (χ1v) is 9.07. The topological polar surface area (TPSA) is 53.9 Å². The van der Waals surface area contributed by atoms with Crippen LogP contribution in [-0.4, -0.2) is 28.0 Å². The number of hydrogen-bond acceptors (Lipinski definition) is 5. The molecule has 0 amide bonds. The van der Waals surface area contributed by atoms with Crippen LogP contribution < -0.4 is 10.2 Å². The van der Waals surface area contributed by atoms with E-state index in [1.54, 1.807) is 0 Å². The van der Waals surface area contributed by atoms with Gasteiger partial charge in [0.05, 0.1) is 18.3 Å². The molecule has 1 atom stereocenters. The Kier molecular flexibility index (Phi) is 4.43. The van der Waals surface area contributed by atoms with Gasteiger partial charge < -0.3 is 10.2 Å². The molecule has 0 aliphatic carbocycles. The van der Waals surface area contributed by atoms with Gasteiger partial charge in [-0.15, -0.1) is 0 Å². The lowest BCUT2D eigenvalue weighted by molar-refractivity contribution is 0.396. The van der Waals surface area contributed by atoms with Gasteiger partial charge >= 0.3 is 0 Å². The van der Waals surface area contributed by atoms with Crippen molar-refractivity contribution in [3.8, 4) is 0 Å². The van der Waals surface area contributed by atoms with E-state index in [1.807, 2.05) is 12.3 Å². The Labute approximate surface area is 143 Å². The van der Waals surface area contributed by atoms with E-state index in [4.69, 9.17) is 9.97 Å². The summed E-state index contributed by atoms with van der Waals surface area (Å²) in [6.45, 7) is 5.07. The molecule has 4 rings (SSSR count). The standard InChI is InChI=1S/C19H25N5/c1-14-16-8-6-12-24(13-15-7-2-4-10-20-15)19(16)23-18(22-14)17-9-3-5-11-21-17/h2,4,7,10,17,21H,3,5-6,8-9,11-13H2,1H3/t17-/m0/s1. The van der Waals surface area contributed by atoms with E-state index >= 15 is 0 Å². The highest BCUT2D eigenvalue weighted by Gasteiger charge is 2.25. The van der Waals surface area contributed by atoms with Crippen molar-refractivity contribution in [3.05, 3.63) is 47.2 Å². The van der Waals surface area contributed by atoms with Gasteiger partial charge in [-0.1, -0.05) is 12.5 Å². The number of fused-ring (bicyclic) bond motifs is 1. The van der Waals surface area contributed by atoms with Crippen molar-refractivity contribution < 1.29 is 0 Å². The summed E-state index contributed by atoms with van der Waals surface area (Å²) in [7, 11) is 0. The van der Waals surface area contributed by atoms with Crippen molar-refractivity contribution in [2.75, 3.05) is 18.0 Å². The SMILES string of the molecule is Cc1nc([C@@H]2CCCCN2)nc2c1CCCN2Cc1ccccn1. The summed E-state index contributed by atoms with van der Waals surface area (Å²) >= 11 is 0. The van der Waals surface area contributed by atoms with Crippen LogP contribution in [0.1, 0.15) is 54.5 Å². The van der Waals surface area contributed by atoms with E-state index in [9.17, 15) is 0 Å². The number of piperidine rings is 1. The molecule has 0 unspecified atom stereocenters. The Hall–Kier alpha value is -2.01. The number of pyridine rings is 1. The molecule has 1 N–H and O–H groups in total. The summed E-state index contributed by atoms with van der Waals surface area (Å²) < 4.78 is 0. The monoisotopic (exact) mass is 323 g/mol. The van der Waals surface area contributed by atoms with Crippen molar-refractivity contribution in [1.82, 2.24) is 20.3 Å². The van der Waals surface area contributed by atoms with Crippen LogP contribution >= 0.6 is 0 Å². The Morgan fingerprint density at radius 3 is 2.96 bits per heavy atom. The highest BCUT2D eigenvalue weighted by atomic mass is 15.2. The maximum atomic E-state index is 5.00. The molecule has 0 aromatic carbocycles. The van der Waals surface area contributed by atoms with Gasteiger partial charge in [-0.25, -0.2) is 9.97 Å². The zero-order chi connectivity index (χ0) is 16.4. The molecule has 2 aliphatic heterocycles. The fourth-order valence-corrected chi connectivity index (χ4v) is 3.78. The first kappa shape index (κ1) is 15.5. The van der Waals surface area contributed by atoms with E-state index in [-0.39, 0.29) is 0 Å². The largest absolute Gasteiger partial charge is 0.350 e. The van der Waals surface area contributed by atoms with Crippen molar-refractivity contribution in [2.24, 2.45) is 0 Å². The van der Waals surface area contributed by atoms with Gasteiger partial charge in [0.1, 0.15) is 11.6 Å². The van der Waals surface area contributed by atoms with E-state index in [2.05, 4.69) is 34.3 Å². The maximum absolute atomic E-state index is 5.00. The second-order valence-corrected chi connectivity index (χ2v) is 6.82. The molecular weight excluding hydrogens is 298 g/mol. The van der Waals surface area contributed by atoms with Crippen molar-refractivity contribution in [1.29, 1.82) is 0 Å². The lowest BCUT2D eigenvalue weighted by atomic mass is 10.0. The number of nitrogens with one attached hydrogen (secondary N) is 1. The Morgan fingerprint density at radius 1 is 1.21 bits per heavy atom. The molecule has 1 saturated heterocycles. The third-order valence-electron chi connectivity index (χ3n) is 5.06. The second-order valence-electron chi connectivity index (χ2n) is 6.82. The first-order chi connectivity index (χ1) is 11.8. The van der Waals surface area contributed by atoms with Crippen LogP contribution in [0.3, 0.4) is 0 Å². The second kappa shape index (κ2) is 6.85. The summed E-state index contributed by atoms with van der Waals surface area (Å²) in [5.41, 5.74) is 3.56. The molecule has 1 fully saturated rings. The van der Waals surface area contributed by atoms with Gasteiger partial charge in [0.2, 0.25) is 0 Å². The fraction of sp³-hybridized carbons (Fsp3) is 0.526. The lowest BCUT2D eigenvalue weighted by Crippen LogP contribution is -2.33. The minimum Gasteiger partial charge on any atom is -0.350 e. The molecular formula is C19H25N5. The van der Waals surface area contributed by atoms with Gasteiger partial charge in [-0.2, -0.15) is 0 Å². The van der Waals surface area contributed by atoms with Crippen LogP contribution in [-0.2, 0) is 13.0 Å². The van der Waals surface area contributed by atoms with Crippen LogP contribution in [0.15, 0.2) is 24.4 Å². The van der Waals surface area contributed by atoms with E-state index in [0.29, 0.717) is 6.04 Å². The molecule has 24 heavy (non-hydrogen) atoms. The number of aromatic nitrogens is 3. The van der Waals surface area contributed by atoms with E-state index in [1.165, 1.54) is 18.4 Å². The quantitative estimate of drug-likeness (QED) is 0.941. The summed E-state index contributed by atoms with van der Waals surface area (Å²) in [5, 5.41) is 3.58. The molecule has 2 aromatic heterocycles. The molecule has 2 aromatic rings. The highest BCUT2D eigenvalue weighted by Crippen LogP contribution is 2.30. The predicted octanol–water partition coefficient (Wildman–Crippen LogP) is 2.95. The summed E-state index contributed by atoms with van der Waals surface area (Å²) in [6, 6.07) is 6.41. The minimum absolute atomic E-state index is 0.307. The van der Waals surface area contributed by atoms with Gasteiger partial charge in [-0.05, 0) is 51.3 Å². The summed E-state index contributed by atoms with van der Waals surface area (Å²) in [4.78, 5) is 16.7. The Bertz CT molecular complexity index is 694. The van der Waals surface area contributed by atoms with Gasteiger partial charge in [-0.3, -0.25) is 4.98 Å². The van der Waals surface area contributed by atoms with Crippen LogP contribution in [0.4, 0.5) is 5.82 Å². The zero-order valence-corrected chi connectivity index (χ0v) is 14.3. The van der Waals surface area contributed by atoms with Crippen molar-refractivity contribution in [3.63, 3.8) is 0 Å². The Balaban J connectivity index is 1.65. The molecule has 5 heteroatoms. The van der Waals surface area contributed by atoms with Crippen LogP contribution in [0.5, 0.6) is 0 Å². The van der Waals surface area contributed by atoms with E-state index in [0.717, 1.165) is 61.9 Å². The Morgan fingerprint density at radius 2 is 2.17 bits per heavy atom. The third-order valence-corrected chi connectivity index (χ3v) is 5.06. The van der Waals surface area contributed by atoms with Gasteiger partial charge in [0.15, 0.2) is 0 Å². The van der Waals surface area contributed by atoms with Gasteiger partial charge in [0, 0.05) is 24.0 Å². The van der Waals surface area contributed by atoms with Crippen molar-refractivity contribution in [2.45, 2.75) is 51.6 Å².